The summed E-state index contributed by atoms with van der Waals surface area (Å²) < 4.78 is 157. The Kier molecular flexibility index (Phi) is 14.8. The molecule has 0 spiro atoms. The van der Waals surface area contributed by atoms with Crippen LogP contribution >= 0.6 is 0 Å². The number of hydrogen-bond donors (Lipinski definition) is 1. The number of hydrogen-bond acceptors (Lipinski definition) is 7. The van der Waals surface area contributed by atoms with Crippen molar-refractivity contribution in [1.29, 1.82) is 0 Å². The van der Waals surface area contributed by atoms with Crippen molar-refractivity contribution in [2.75, 3.05) is 25.7 Å². The molecule has 1 N–H and O–H groups in total. The third-order valence-corrected chi connectivity index (χ3v) is 8.04. The van der Waals surface area contributed by atoms with E-state index < -0.39 is 77.3 Å². The van der Waals surface area contributed by atoms with Crippen LogP contribution in [0.2, 0.25) is 0 Å². The van der Waals surface area contributed by atoms with Gasteiger partial charge < -0.3 is 24.2 Å². The van der Waals surface area contributed by atoms with Gasteiger partial charge in [0, 0.05) is 31.1 Å². The molecule has 0 radical (unpaired) electrons. The van der Waals surface area contributed by atoms with Crippen LogP contribution in [0.4, 0.5) is 49.9 Å². The minimum absolute atomic E-state index is 0. The second-order valence-corrected chi connectivity index (χ2v) is 12.3. The van der Waals surface area contributed by atoms with Crippen LogP contribution in [-0.4, -0.2) is 71.4 Å². The third kappa shape index (κ3) is 11.6. The Morgan fingerprint density at radius 3 is 1.85 bits per heavy atom. The van der Waals surface area contributed by atoms with E-state index in [1.165, 1.54) is 13.2 Å². The van der Waals surface area contributed by atoms with E-state index in [-0.39, 0.29) is 94.8 Å². The van der Waals surface area contributed by atoms with Crippen molar-refractivity contribution in [3.05, 3.63) is 94.1 Å². The van der Waals surface area contributed by atoms with Gasteiger partial charge in [0.2, 0.25) is 5.95 Å². The number of carboxylic acids is 1. The molecule has 0 fully saturated rings. The van der Waals surface area contributed by atoms with Gasteiger partial charge in [0.25, 0.3) is 0 Å². The van der Waals surface area contributed by atoms with Crippen LogP contribution < -0.4 is 19.1 Å². The number of carbonyl (C=O) groups is 1. The average molecular weight is 802 g/mol. The van der Waals surface area contributed by atoms with Crippen molar-refractivity contribution in [3.8, 4) is 28.4 Å². The third-order valence-electron chi connectivity index (χ3n) is 8.04. The minimum atomic E-state index is -5.18. The van der Waals surface area contributed by atoms with Crippen molar-refractivity contribution in [1.82, 2.24) is 9.97 Å². The van der Waals surface area contributed by atoms with E-state index in [1.807, 2.05) is 0 Å². The van der Waals surface area contributed by atoms with Crippen LogP contribution in [0.25, 0.3) is 11.1 Å². The summed E-state index contributed by atoms with van der Waals surface area (Å²) in [4.78, 5) is 20.2. The Hall–Kier alpha value is -4.29. The van der Waals surface area contributed by atoms with Gasteiger partial charge in [0.15, 0.2) is 5.75 Å². The van der Waals surface area contributed by atoms with E-state index in [4.69, 9.17) is 19.3 Å². The first-order chi connectivity index (χ1) is 25.1. The topological polar surface area (TPSA) is 94.0 Å². The molecule has 1 aromatic heterocycles. The van der Waals surface area contributed by atoms with Crippen LogP contribution in [0, 0.1) is 5.82 Å². The SMILES string of the molecule is COc1cc(F)c(C(C)C)cc1-c1cc(C(F)(F)F)c(OC)cc1CN(Cc1cc(C(F)(F)F)cc(C(F)(F)F)c1)c1ncc(OCCCC(=O)O)cn1.[NaH]. The van der Waals surface area contributed by atoms with Gasteiger partial charge in [-0.3, -0.25) is 4.79 Å². The standard InChI is InChI=1S/C36H33F10N3O5.Na.H/c1-19(2)25-12-27(30(52-3)14-29(25)37)26-13-28(36(44,45)46)31(53-4)10-21(26)18-49(33-47-15-24(16-48-33)54-7-5-6-32(50)51)17-20-8-22(34(38,39)40)11-23(9-20)35(41,42)43;;/h8-16,19H,5-7,17-18H2,1-4H3,(H,50,51);;. The second kappa shape index (κ2) is 18.1. The number of benzene rings is 3. The van der Waals surface area contributed by atoms with Crippen molar-refractivity contribution >= 4 is 41.5 Å². The molecule has 0 saturated carbocycles. The van der Waals surface area contributed by atoms with Gasteiger partial charge in [-0.25, -0.2) is 14.4 Å². The van der Waals surface area contributed by atoms with Crippen LogP contribution in [-0.2, 0) is 36.4 Å². The Morgan fingerprint density at radius 2 is 1.36 bits per heavy atom. The van der Waals surface area contributed by atoms with E-state index in [1.54, 1.807) is 13.8 Å². The predicted octanol–water partition coefficient (Wildman–Crippen LogP) is 9.28. The maximum absolute atomic E-state index is 15.0. The summed E-state index contributed by atoms with van der Waals surface area (Å²) in [5, 5.41) is 8.84. The Morgan fingerprint density at radius 1 is 0.782 bits per heavy atom. The summed E-state index contributed by atoms with van der Waals surface area (Å²) in [6.07, 6.45) is -13.2. The number of aromatic nitrogens is 2. The van der Waals surface area contributed by atoms with Crippen molar-refractivity contribution < 1.29 is 68.0 Å². The number of ether oxygens (including phenoxy) is 3. The molecule has 55 heavy (non-hydrogen) atoms. The van der Waals surface area contributed by atoms with Crippen molar-refractivity contribution in [2.45, 2.75) is 64.2 Å². The number of rotatable bonds is 14. The molecule has 4 rings (SSSR count). The molecule has 4 aromatic rings. The van der Waals surface area contributed by atoms with Crippen LogP contribution in [0.3, 0.4) is 0 Å². The molecule has 19 heteroatoms. The second-order valence-electron chi connectivity index (χ2n) is 12.3. The normalized spacial score (nSPS) is 12.0. The molecule has 0 bridgehead atoms. The fraction of sp³-hybridized carbons (Fsp3) is 0.361. The van der Waals surface area contributed by atoms with Crippen LogP contribution in [0.15, 0.2) is 54.9 Å². The molecule has 8 nitrogen and oxygen atoms in total. The molecule has 0 saturated heterocycles. The number of halogens is 10. The molecule has 0 aliphatic heterocycles. The Labute approximate surface area is 330 Å². The maximum atomic E-state index is 15.0. The van der Waals surface area contributed by atoms with Gasteiger partial charge >= 0.3 is 54.1 Å². The first kappa shape index (κ1) is 45.1. The molecule has 0 amide bonds. The van der Waals surface area contributed by atoms with Crippen molar-refractivity contribution in [2.24, 2.45) is 0 Å². The summed E-state index contributed by atoms with van der Waals surface area (Å²) in [5.74, 6) is -3.32. The number of alkyl halides is 9. The monoisotopic (exact) mass is 801 g/mol. The molecule has 294 valence electrons. The Balaban J connectivity index is 0.00000812. The van der Waals surface area contributed by atoms with Crippen LogP contribution in [0.1, 0.15) is 66.0 Å². The number of carboxylic acid groups (broad SMARTS) is 1. The quantitative estimate of drug-likeness (QED) is 0.0767. The molecule has 3 aromatic carbocycles. The Bertz CT molecular complexity index is 1920. The zero-order chi connectivity index (χ0) is 40.2. The van der Waals surface area contributed by atoms with E-state index >= 15 is 4.39 Å². The van der Waals surface area contributed by atoms with Gasteiger partial charge in [-0.2, -0.15) is 39.5 Å². The van der Waals surface area contributed by atoms with E-state index in [0.717, 1.165) is 42.6 Å². The van der Waals surface area contributed by atoms with E-state index in [2.05, 4.69) is 9.97 Å². The first-order valence-electron chi connectivity index (χ1n) is 16.0. The van der Waals surface area contributed by atoms with E-state index in [9.17, 15) is 44.3 Å². The molecule has 0 aliphatic carbocycles. The fourth-order valence-electron chi connectivity index (χ4n) is 5.48. The molecule has 0 atom stereocenters. The fourth-order valence-corrected chi connectivity index (χ4v) is 5.48. The molecule has 0 unspecified atom stereocenters. The number of nitrogens with zero attached hydrogens (tertiary/aromatic N) is 3. The van der Waals surface area contributed by atoms with Crippen molar-refractivity contribution in [3.63, 3.8) is 0 Å². The average Bonchev–Trinajstić information content (AvgIpc) is 3.08. The summed E-state index contributed by atoms with van der Waals surface area (Å²) in [6, 6.07) is 4.95. The van der Waals surface area contributed by atoms with Crippen LogP contribution in [0.5, 0.6) is 17.2 Å². The first-order valence-corrected chi connectivity index (χ1v) is 16.0. The van der Waals surface area contributed by atoms with Gasteiger partial charge in [0.05, 0.1) is 49.9 Å². The zero-order valence-corrected chi connectivity index (χ0v) is 29.0. The van der Waals surface area contributed by atoms with Gasteiger partial charge in [-0.1, -0.05) is 13.8 Å². The zero-order valence-electron chi connectivity index (χ0n) is 29.0. The molecule has 0 aliphatic rings. The van der Waals surface area contributed by atoms with E-state index in [0.29, 0.717) is 12.1 Å². The number of methoxy groups -OCH3 is 2. The summed E-state index contributed by atoms with van der Waals surface area (Å²) in [5.41, 5.74) is -5.03. The summed E-state index contributed by atoms with van der Waals surface area (Å²) in [7, 11) is 2.14. The summed E-state index contributed by atoms with van der Waals surface area (Å²) in [6.45, 7) is 1.96. The number of anilines is 1. The van der Waals surface area contributed by atoms with Gasteiger partial charge in [0.1, 0.15) is 17.3 Å². The molecular formula is C36H34F10N3NaO5. The van der Waals surface area contributed by atoms with Gasteiger partial charge in [-0.05, 0) is 71.0 Å². The predicted molar refractivity (Wildman–Crippen MR) is 182 cm³/mol. The molecular weight excluding hydrogens is 767 g/mol. The summed E-state index contributed by atoms with van der Waals surface area (Å²) >= 11 is 0. The molecule has 1 heterocycles. The van der Waals surface area contributed by atoms with Gasteiger partial charge in [-0.15, -0.1) is 0 Å². The number of aliphatic carboxylic acids is 1.